The second-order valence-electron chi connectivity index (χ2n) is 4.01. The fourth-order valence-corrected chi connectivity index (χ4v) is 1.21. The van der Waals surface area contributed by atoms with Crippen molar-refractivity contribution in [2.24, 2.45) is 0 Å². The number of rotatable bonds is 5. The van der Waals surface area contributed by atoms with Crippen LogP contribution in [0.4, 0.5) is 8.78 Å². The highest BCUT2D eigenvalue weighted by molar-refractivity contribution is 5.83. The van der Waals surface area contributed by atoms with Gasteiger partial charge in [-0.05, 0) is 27.2 Å². The Kier molecular flexibility index (Phi) is 5.93. The molecular formula is C12H19F2NO. The van der Waals surface area contributed by atoms with E-state index in [9.17, 15) is 13.6 Å². The molecule has 1 atom stereocenters. The summed E-state index contributed by atoms with van der Waals surface area (Å²) >= 11 is 0. The Morgan fingerprint density at radius 3 is 2.50 bits per heavy atom. The molecular weight excluding hydrogens is 212 g/mol. The fraction of sp³-hybridized carbons (Fsp3) is 0.583. The normalized spacial score (nSPS) is 15.2. The van der Waals surface area contributed by atoms with Crippen LogP contribution >= 0.6 is 0 Å². The molecule has 0 bridgehead atoms. The van der Waals surface area contributed by atoms with Crippen LogP contribution in [0.15, 0.2) is 23.8 Å². The second kappa shape index (κ2) is 6.40. The highest BCUT2D eigenvalue weighted by Gasteiger charge is 2.32. The number of halogens is 2. The van der Waals surface area contributed by atoms with Gasteiger partial charge in [0.1, 0.15) is 0 Å². The van der Waals surface area contributed by atoms with Gasteiger partial charge < -0.3 is 5.32 Å². The second-order valence-corrected chi connectivity index (χ2v) is 4.01. The summed E-state index contributed by atoms with van der Waals surface area (Å²) in [5.74, 6) is -4.53. The Bertz CT molecular complexity index is 290. The van der Waals surface area contributed by atoms with Crippen molar-refractivity contribution < 1.29 is 13.6 Å². The molecule has 0 rings (SSSR count). The van der Waals surface area contributed by atoms with Gasteiger partial charge in [0.05, 0.1) is 0 Å². The molecule has 1 N–H and O–H groups in total. The van der Waals surface area contributed by atoms with Crippen LogP contribution in [0.25, 0.3) is 0 Å². The number of amides is 1. The minimum absolute atomic E-state index is 0.292. The van der Waals surface area contributed by atoms with Crippen LogP contribution < -0.4 is 5.32 Å². The zero-order valence-corrected chi connectivity index (χ0v) is 10.2. The monoisotopic (exact) mass is 231 g/mol. The Hall–Kier alpha value is -1.19. The van der Waals surface area contributed by atoms with E-state index in [0.717, 1.165) is 5.57 Å². The van der Waals surface area contributed by atoms with Crippen LogP contribution in [0.1, 0.15) is 34.1 Å². The molecule has 0 aromatic carbocycles. The van der Waals surface area contributed by atoms with E-state index in [1.54, 1.807) is 6.92 Å². The highest BCUT2D eigenvalue weighted by atomic mass is 19.3. The van der Waals surface area contributed by atoms with E-state index in [1.807, 2.05) is 32.1 Å². The summed E-state index contributed by atoms with van der Waals surface area (Å²) in [5.41, 5.74) is 1.03. The third-order valence-corrected chi connectivity index (χ3v) is 1.98. The fourth-order valence-electron chi connectivity index (χ4n) is 1.21. The summed E-state index contributed by atoms with van der Waals surface area (Å²) in [4.78, 5) is 11.0. The Balaban J connectivity index is 4.19. The molecule has 0 radical (unpaired) electrons. The van der Waals surface area contributed by atoms with Gasteiger partial charge in [-0.15, -0.1) is 0 Å². The lowest BCUT2D eigenvalue weighted by molar-refractivity contribution is -0.143. The van der Waals surface area contributed by atoms with Crippen molar-refractivity contribution >= 4 is 5.91 Å². The summed E-state index contributed by atoms with van der Waals surface area (Å²) in [7, 11) is 0. The molecule has 0 aromatic rings. The van der Waals surface area contributed by atoms with E-state index in [0.29, 0.717) is 13.3 Å². The molecule has 0 aliphatic rings. The van der Waals surface area contributed by atoms with E-state index in [-0.39, 0.29) is 6.04 Å². The maximum atomic E-state index is 12.6. The lowest BCUT2D eigenvalue weighted by atomic mass is 10.1. The molecule has 0 aliphatic carbocycles. The summed E-state index contributed by atoms with van der Waals surface area (Å²) < 4.78 is 25.2. The molecule has 92 valence electrons. The van der Waals surface area contributed by atoms with Crippen molar-refractivity contribution in [3.05, 3.63) is 23.8 Å². The Morgan fingerprint density at radius 1 is 1.50 bits per heavy atom. The first-order valence-electron chi connectivity index (χ1n) is 5.24. The van der Waals surface area contributed by atoms with E-state index >= 15 is 0 Å². The maximum Gasteiger partial charge on any atom is 0.321 e. The smallest absolute Gasteiger partial charge is 0.321 e. The minimum atomic E-state index is -3.31. The predicted octanol–water partition coefficient (Wildman–Crippen LogP) is 3.06. The van der Waals surface area contributed by atoms with Crippen molar-refractivity contribution in [3.63, 3.8) is 0 Å². The highest BCUT2D eigenvalue weighted by Crippen LogP contribution is 2.12. The molecule has 0 aliphatic heterocycles. The van der Waals surface area contributed by atoms with Crippen LogP contribution in [0.3, 0.4) is 0 Å². The van der Waals surface area contributed by atoms with Gasteiger partial charge in [0.2, 0.25) is 0 Å². The van der Waals surface area contributed by atoms with Gasteiger partial charge >= 0.3 is 5.92 Å². The molecule has 0 heterocycles. The lowest BCUT2D eigenvalue weighted by Crippen LogP contribution is -2.42. The Labute approximate surface area is 95.4 Å². The molecule has 0 spiro atoms. The van der Waals surface area contributed by atoms with E-state index in [1.165, 1.54) is 0 Å². The van der Waals surface area contributed by atoms with Crippen molar-refractivity contribution in [2.45, 2.75) is 46.1 Å². The third kappa shape index (κ3) is 6.32. The van der Waals surface area contributed by atoms with E-state index in [2.05, 4.69) is 5.32 Å². The van der Waals surface area contributed by atoms with Crippen LogP contribution in [0.2, 0.25) is 0 Å². The van der Waals surface area contributed by atoms with Gasteiger partial charge in [-0.2, -0.15) is 8.78 Å². The molecule has 1 unspecified atom stereocenters. The van der Waals surface area contributed by atoms with Gasteiger partial charge in [0.15, 0.2) is 0 Å². The van der Waals surface area contributed by atoms with Crippen molar-refractivity contribution in [3.8, 4) is 0 Å². The molecule has 0 saturated carbocycles. The van der Waals surface area contributed by atoms with Gasteiger partial charge in [-0.3, -0.25) is 4.79 Å². The van der Waals surface area contributed by atoms with Crippen molar-refractivity contribution in [1.82, 2.24) is 5.32 Å². The van der Waals surface area contributed by atoms with E-state index < -0.39 is 11.8 Å². The molecule has 0 saturated heterocycles. The quantitative estimate of drug-likeness (QED) is 0.724. The van der Waals surface area contributed by atoms with Gasteiger partial charge in [0, 0.05) is 13.0 Å². The number of carbonyl (C=O) groups excluding carboxylic acids is 1. The van der Waals surface area contributed by atoms with Gasteiger partial charge in [-0.1, -0.05) is 23.8 Å². The standard InChI is InChI=1S/C12H19F2NO/c1-5-6-7-9(2)8-10(3)15-11(16)12(4,13)14/h5-7,10H,8H2,1-4H3,(H,15,16)/b6-5-,9-7+. The zero-order valence-electron chi connectivity index (χ0n) is 10.2. The first-order chi connectivity index (χ1) is 7.27. The third-order valence-electron chi connectivity index (χ3n) is 1.98. The predicted molar refractivity (Wildman–Crippen MR) is 61.4 cm³/mol. The summed E-state index contributed by atoms with van der Waals surface area (Å²) in [5, 5.41) is 2.27. The molecule has 1 amide bonds. The summed E-state index contributed by atoms with van der Waals surface area (Å²) in [6, 6.07) is -0.292. The van der Waals surface area contributed by atoms with E-state index in [4.69, 9.17) is 0 Å². The van der Waals surface area contributed by atoms with Gasteiger partial charge in [0.25, 0.3) is 5.91 Å². The molecule has 16 heavy (non-hydrogen) atoms. The summed E-state index contributed by atoms with van der Waals surface area (Å²) in [6.07, 6.45) is 6.21. The lowest BCUT2D eigenvalue weighted by Gasteiger charge is -2.17. The number of nitrogens with one attached hydrogen (secondary N) is 1. The van der Waals surface area contributed by atoms with Crippen LogP contribution in [0.5, 0.6) is 0 Å². The Morgan fingerprint density at radius 2 is 2.06 bits per heavy atom. The number of hydrogen-bond acceptors (Lipinski definition) is 1. The van der Waals surface area contributed by atoms with Crippen molar-refractivity contribution in [2.75, 3.05) is 0 Å². The van der Waals surface area contributed by atoms with Gasteiger partial charge in [-0.25, -0.2) is 0 Å². The molecule has 2 nitrogen and oxygen atoms in total. The SMILES string of the molecule is C/C=C\C=C(/C)CC(C)NC(=O)C(C)(F)F. The average molecular weight is 231 g/mol. The number of hydrogen-bond donors (Lipinski definition) is 1. The molecule has 0 aromatic heterocycles. The average Bonchev–Trinajstić information content (AvgIpc) is 2.12. The van der Waals surface area contributed by atoms with Crippen LogP contribution in [-0.2, 0) is 4.79 Å². The van der Waals surface area contributed by atoms with Crippen molar-refractivity contribution in [1.29, 1.82) is 0 Å². The maximum absolute atomic E-state index is 12.6. The molecule has 4 heteroatoms. The minimum Gasteiger partial charge on any atom is -0.348 e. The largest absolute Gasteiger partial charge is 0.348 e. The number of alkyl halides is 2. The number of carbonyl (C=O) groups is 1. The number of allylic oxidation sites excluding steroid dienone is 3. The van der Waals surface area contributed by atoms with Crippen LogP contribution in [-0.4, -0.2) is 17.9 Å². The zero-order chi connectivity index (χ0) is 12.8. The topological polar surface area (TPSA) is 29.1 Å². The molecule has 0 fully saturated rings. The first-order valence-corrected chi connectivity index (χ1v) is 5.24. The summed E-state index contributed by atoms with van der Waals surface area (Å²) in [6.45, 7) is 6.09. The first kappa shape index (κ1) is 14.8. The van der Waals surface area contributed by atoms with Crippen LogP contribution in [0, 0.1) is 0 Å².